The van der Waals surface area contributed by atoms with Crippen LogP contribution in [0.15, 0.2) is 65.8 Å². The summed E-state index contributed by atoms with van der Waals surface area (Å²) in [5, 5.41) is 5.23. The van der Waals surface area contributed by atoms with Crippen LogP contribution in [0.25, 0.3) is 10.9 Å². The van der Waals surface area contributed by atoms with E-state index < -0.39 is 0 Å². The molecule has 0 fully saturated rings. The van der Waals surface area contributed by atoms with Crippen molar-refractivity contribution < 1.29 is 9.53 Å². The maximum absolute atomic E-state index is 12.3. The average Bonchev–Trinajstić information content (AvgIpc) is 2.66. The van der Waals surface area contributed by atoms with Gasteiger partial charge in [-0.2, -0.15) is 5.10 Å². The van der Waals surface area contributed by atoms with Crippen molar-refractivity contribution in [3.63, 3.8) is 0 Å². The highest BCUT2D eigenvalue weighted by Gasteiger charge is 2.07. The minimum absolute atomic E-state index is 0.290. The summed E-state index contributed by atoms with van der Waals surface area (Å²) in [6.45, 7) is 4.26. The van der Waals surface area contributed by atoms with Gasteiger partial charge in [-0.15, -0.1) is 0 Å². The lowest BCUT2D eigenvalue weighted by molar-refractivity contribution is 0.0954. The SMILES string of the molecule is CCOc1cccc(C(=O)N/N=C(\C)c2ccc3ccccc3n2)c1. The van der Waals surface area contributed by atoms with Crippen molar-refractivity contribution in [2.24, 2.45) is 5.10 Å². The number of para-hydroxylation sites is 1. The summed E-state index contributed by atoms with van der Waals surface area (Å²) in [5.41, 5.74) is 5.32. The molecule has 126 valence electrons. The van der Waals surface area contributed by atoms with E-state index in [0.717, 1.165) is 16.6 Å². The zero-order valence-corrected chi connectivity index (χ0v) is 14.2. The molecule has 3 rings (SSSR count). The maximum Gasteiger partial charge on any atom is 0.271 e. The van der Waals surface area contributed by atoms with Crippen molar-refractivity contribution in [3.05, 3.63) is 71.9 Å². The highest BCUT2D eigenvalue weighted by molar-refractivity contribution is 6.01. The molecule has 0 aliphatic carbocycles. The van der Waals surface area contributed by atoms with Gasteiger partial charge in [0.2, 0.25) is 0 Å². The zero-order valence-electron chi connectivity index (χ0n) is 14.2. The van der Waals surface area contributed by atoms with E-state index in [-0.39, 0.29) is 5.91 Å². The molecule has 5 heteroatoms. The molecule has 0 bridgehead atoms. The number of carbonyl (C=O) groups is 1. The Kier molecular flexibility index (Phi) is 5.04. The number of ether oxygens (including phenoxy) is 1. The fourth-order valence-corrected chi connectivity index (χ4v) is 2.42. The molecule has 5 nitrogen and oxygen atoms in total. The standard InChI is InChI=1S/C20H19N3O2/c1-3-25-17-9-6-8-16(13-17)20(24)23-22-14(2)18-12-11-15-7-4-5-10-19(15)21-18/h4-13H,3H2,1-2H3,(H,23,24)/b22-14+. The van der Waals surface area contributed by atoms with Gasteiger partial charge in [0.1, 0.15) is 5.75 Å². The maximum atomic E-state index is 12.3. The van der Waals surface area contributed by atoms with Crippen LogP contribution >= 0.6 is 0 Å². The molecule has 0 radical (unpaired) electrons. The molecule has 25 heavy (non-hydrogen) atoms. The van der Waals surface area contributed by atoms with Gasteiger partial charge >= 0.3 is 0 Å². The van der Waals surface area contributed by atoms with Crippen molar-refractivity contribution in [1.82, 2.24) is 10.4 Å². The predicted molar refractivity (Wildman–Crippen MR) is 99.0 cm³/mol. The molecule has 1 N–H and O–H groups in total. The number of hydrogen-bond acceptors (Lipinski definition) is 4. The number of benzene rings is 2. The van der Waals surface area contributed by atoms with E-state index in [1.54, 1.807) is 18.2 Å². The van der Waals surface area contributed by atoms with E-state index in [0.29, 0.717) is 23.6 Å². The third-order valence-corrected chi connectivity index (χ3v) is 3.70. The van der Waals surface area contributed by atoms with Gasteiger partial charge in [-0.05, 0) is 44.2 Å². The Labute approximate surface area is 146 Å². The Morgan fingerprint density at radius 3 is 2.80 bits per heavy atom. The zero-order chi connectivity index (χ0) is 17.6. The number of fused-ring (bicyclic) bond motifs is 1. The summed E-state index contributed by atoms with van der Waals surface area (Å²) in [4.78, 5) is 16.8. The second-order valence-electron chi connectivity index (χ2n) is 5.49. The number of pyridine rings is 1. The van der Waals surface area contributed by atoms with Gasteiger partial charge in [0.15, 0.2) is 0 Å². The highest BCUT2D eigenvalue weighted by atomic mass is 16.5. The number of hydrazone groups is 1. The van der Waals surface area contributed by atoms with Crippen molar-refractivity contribution in [2.75, 3.05) is 6.61 Å². The number of carbonyl (C=O) groups excluding carboxylic acids is 1. The Bertz CT molecular complexity index is 935. The van der Waals surface area contributed by atoms with Crippen molar-refractivity contribution in [1.29, 1.82) is 0 Å². The topological polar surface area (TPSA) is 63.6 Å². The van der Waals surface area contributed by atoms with Gasteiger partial charge in [-0.1, -0.05) is 30.3 Å². The van der Waals surface area contributed by atoms with Crippen molar-refractivity contribution in [2.45, 2.75) is 13.8 Å². The molecule has 0 saturated heterocycles. The molecule has 0 aliphatic heterocycles. The van der Waals surface area contributed by atoms with E-state index in [2.05, 4.69) is 15.5 Å². The highest BCUT2D eigenvalue weighted by Crippen LogP contribution is 2.14. The summed E-state index contributed by atoms with van der Waals surface area (Å²) in [7, 11) is 0. The Morgan fingerprint density at radius 2 is 1.96 bits per heavy atom. The van der Waals surface area contributed by atoms with Gasteiger partial charge in [0.25, 0.3) is 5.91 Å². The van der Waals surface area contributed by atoms with Gasteiger partial charge in [0, 0.05) is 10.9 Å². The summed E-state index contributed by atoms with van der Waals surface area (Å²) >= 11 is 0. The summed E-state index contributed by atoms with van der Waals surface area (Å²) in [6, 6.07) is 18.8. The molecule has 0 unspecified atom stereocenters. The number of hydrogen-bond donors (Lipinski definition) is 1. The minimum Gasteiger partial charge on any atom is -0.494 e. The van der Waals surface area contributed by atoms with E-state index in [1.807, 2.05) is 56.3 Å². The van der Waals surface area contributed by atoms with Gasteiger partial charge in [-0.25, -0.2) is 10.4 Å². The fraction of sp³-hybridized carbons (Fsp3) is 0.150. The van der Waals surface area contributed by atoms with Crippen LogP contribution in [0.5, 0.6) is 5.75 Å². The number of amides is 1. The molecule has 0 atom stereocenters. The molecule has 3 aromatic rings. The molecule has 0 spiro atoms. The lowest BCUT2D eigenvalue weighted by Gasteiger charge is -2.06. The first kappa shape index (κ1) is 16.6. The minimum atomic E-state index is -0.290. The van der Waals surface area contributed by atoms with Crippen LogP contribution < -0.4 is 10.2 Å². The Hall–Kier alpha value is -3.21. The summed E-state index contributed by atoms with van der Waals surface area (Å²) in [5.74, 6) is 0.369. The molecule has 0 saturated carbocycles. The largest absolute Gasteiger partial charge is 0.494 e. The van der Waals surface area contributed by atoms with E-state index in [4.69, 9.17) is 4.74 Å². The van der Waals surface area contributed by atoms with E-state index in [1.165, 1.54) is 0 Å². The molecule has 1 heterocycles. The number of nitrogens with one attached hydrogen (secondary N) is 1. The first-order valence-electron chi connectivity index (χ1n) is 8.11. The van der Waals surface area contributed by atoms with Crippen LogP contribution in [0, 0.1) is 0 Å². The first-order chi connectivity index (χ1) is 12.2. The molecule has 2 aromatic carbocycles. The van der Waals surface area contributed by atoms with Crippen molar-refractivity contribution >= 4 is 22.5 Å². The Morgan fingerprint density at radius 1 is 1.12 bits per heavy atom. The summed E-state index contributed by atoms with van der Waals surface area (Å²) in [6.07, 6.45) is 0. The molecular weight excluding hydrogens is 314 g/mol. The Balaban J connectivity index is 1.75. The van der Waals surface area contributed by atoms with Crippen LogP contribution in [0.1, 0.15) is 29.9 Å². The third-order valence-electron chi connectivity index (χ3n) is 3.70. The number of rotatable bonds is 5. The molecule has 1 aromatic heterocycles. The lowest BCUT2D eigenvalue weighted by atomic mass is 10.2. The van der Waals surface area contributed by atoms with Gasteiger partial charge < -0.3 is 4.74 Å². The second-order valence-corrected chi connectivity index (χ2v) is 5.49. The van der Waals surface area contributed by atoms with E-state index in [9.17, 15) is 4.79 Å². The normalized spacial score (nSPS) is 11.4. The molecule has 1 amide bonds. The third kappa shape index (κ3) is 4.01. The number of aromatic nitrogens is 1. The van der Waals surface area contributed by atoms with Crippen LogP contribution in [0.2, 0.25) is 0 Å². The van der Waals surface area contributed by atoms with Crippen molar-refractivity contribution in [3.8, 4) is 5.75 Å². The van der Waals surface area contributed by atoms with Crippen LogP contribution in [0.4, 0.5) is 0 Å². The van der Waals surface area contributed by atoms with Gasteiger partial charge in [0.05, 0.1) is 23.5 Å². The quantitative estimate of drug-likeness (QED) is 0.571. The van der Waals surface area contributed by atoms with Gasteiger partial charge in [-0.3, -0.25) is 4.79 Å². The first-order valence-corrected chi connectivity index (χ1v) is 8.11. The monoisotopic (exact) mass is 333 g/mol. The molecule has 0 aliphatic rings. The van der Waals surface area contributed by atoms with E-state index >= 15 is 0 Å². The van der Waals surface area contributed by atoms with Crippen LogP contribution in [0.3, 0.4) is 0 Å². The van der Waals surface area contributed by atoms with Crippen LogP contribution in [-0.4, -0.2) is 23.2 Å². The lowest BCUT2D eigenvalue weighted by Crippen LogP contribution is -2.19. The smallest absolute Gasteiger partial charge is 0.271 e. The fourth-order valence-electron chi connectivity index (χ4n) is 2.42. The molecular formula is C20H19N3O2. The van der Waals surface area contributed by atoms with Crippen LogP contribution in [-0.2, 0) is 0 Å². The second kappa shape index (κ2) is 7.57. The average molecular weight is 333 g/mol. The number of nitrogens with zero attached hydrogens (tertiary/aromatic N) is 2. The predicted octanol–water partition coefficient (Wildman–Crippen LogP) is 3.79. The summed E-state index contributed by atoms with van der Waals surface area (Å²) < 4.78 is 5.41.